The zero-order valence-corrected chi connectivity index (χ0v) is 13.7. The summed E-state index contributed by atoms with van der Waals surface area (Å²) >= 11 is 1.60. The van der Waals surface area contributed by atoms with Crippen LogP contribution in [-0.2, 0) is 11.3 Å². The lowest BCUT2D eigenvalue weighted by Crippen LogP contribution is -2.35. The van der Waals surface area contributed by atoms with E-state index in [1.807, 2.05) is 20.8 Å². The van der Waals surface area contributed by atoms with Crippen molar-refractivity contribution < 1.29 is 4.79 Å². The number of rotatable bonds is 8. The third kappa shape index (κ3) is 6.44. The Morgan fingerprint density at radius 2 is 1.85 bits per heavy atom. The second kappa shape index (κ2) is 9.03. The van der Waals surface area contributed by atoms with E-state index in [4.69, 9.17) is 0 Å². The highest BCUT2D eigenvalue weighted by Crippen LogP contribution is 2.23. The van der Waals surface area contributed by atoms with E-state index in [0.717, 1.165) is 24.4 Å². The molecule has 20 heavy (non-hydrogen) atoms. The van der Waals surface area contributed by atoms with Gasteiger partial charge in [0.25, 0.3) is 0 Å². The quantitative estimate of drug-likeness (QED) is 0.571. The number of carbonyl (C=O) groups excluding carboxylic acids is 1. The Morgan fingerprint density at radius 3 is 2.40 bits per heavy atom. The van der Waals surface area contributed by atoms with Crippen molar-refractivity contribution in [2.24, 2.45) is 0 Å². The summed E-state index contributed by atoms with van der Waals surface area (Å²) in [6, 6.07) is 8.62. The van der Waals surface area contributed by atoms with Crippen LogP contribution in [0.2, 0.25) is 0 Å². The summed E-state index contributed by atoms with van der Waals surface area (Å²) in [5.41, 5.74) is 1.28. The van der Waals surface area contributed by atoms with Crippen LogP contribution in [0.5, 0.6) is 0 Å². The third-order valence-corrected chi connectivity index (χ3v) is 3.90. The number of hydrogen-bond acceptors (Lipinski definition) is 3. The van der Waals surface area contributed by atoms with Crippen LogP contribution in [0.15, 0.2) is 29.2 Å². The van der Waals surface area contributed by atoms with Crippen LogP contribution in [0.25, 0.3) is 0 Å². The lowest BCUT2D eigenvalue weighted by molar-refractivity contribution is -0.120. The molecule has 1 atom stereocenters. The zero-order valence-electron chi connectivity index (χ0n) is 12.9. The average Bonchev–Trinajstić information content (AvgIpc) is 2.40. The fourth-order valence-electron chi connectivity index (χ4n) is 1.75. The summed E-state index contributed by atoms with van der Waals surface area (Å²) < 4.78 is 0. The van der Waals surface area contributed by atoms with Gasteiger partial charge in [0.1, 0.15) is 0 Å². The van der Waals surface area contributed by atoms with Crippen molar-refractivity contribution in [1.29, 1.82) is 0 Å². The van der Waals surface area contributed by atoms with E-state index in [1.165, 1.54) is 5.56 Å². The first-order valence-corrected chi connectivity index (χ1v) is 8.17. The van der Waals surface area contributed by atoms with Crippen LogP contribution in [-0.4, -0.2) is 23.7 Å². The van der Waals surface area contributed by atoms with Gasteiger partial charge in [-0.25, -0.2) is 0 Å². The van der Waals surface area contributed by atoms with Crippen LogP contribution < -0.4 is 10.6 Å². The molecule has 0 saturated carbocycles. The van der Waals surface area contributed by atoms with Gasteiger partial charge >= 0.3 is 0 Å². The molecule has 0 spiro atoms. The van der Waals surface area contributed by atoms with Crippen LogP contribution in [0.1, 0.15) is 39.7 Å². The molecule has 0 aromatic heterocycles. The summed E-state index contributed by atoms with van der Waals surface area (Å²) in [5, 5.41) is 6.25. The number of nitrogens with one attached hydrogen (secondary N) is 2. The van der Waals surface area contributed by atoms with Crippen molar-refractivity contribution >= 4 is 17.7 Å². The van der Waals surface area contributed by atoms with Crippen LogP contribution >= 0.6 is 11.8 Å². The van der Waals surface area contributed by atoms with Crippen LogP contribution in [0.3, 0.4) is 0 Å². The van der Waals surface area contributed by atoms with E-state index in [1.54, 1.807) is 11.8 Å². The predicted octanol–water partition coefficient (Wildman–Crippen LogP) is 3.19. The highest BCUT2D eigenvalue weighted by atomic mass is 32.2. The van der Waals surface area contributed by atoms with Gasteiger partial charge in [-0.3, -0.25) is 4.79 Å². The number of benzene rings is 1. The summed E-state index contributed by atoms with van der Waals surface area (Å²) in [5.74, 6) is 0.0960. The molecule has 1 rings (SSSR count). The normalized spacial score (nSPS) is 12.4. The summed E-state index contributed by atoms with van der Waals surface area (Å²) in [6.45, 7) is 10.0. The molecule has 112 valence electrons. The molecule has 0 aliphatic carbocycles. The maximum atomic E-state index is 11.9. The molecular formula is C16H26N2OS. The summed E-state index contributed by atoms with van der Waals surface area (Å²) in [4.78, 5) is 13.0. The van der Waals surface area contributed by atoms with Gasteiger partial charge in [-0.15, -0.1) is 11.8 Å². The SMILES string of the molecule is CCCNCc1ccc(SC(C)C(=O)NC(C)C)cc1. The Morgan fingerprint density at radius 1 is 1.20 bits per heavy atom. The fourth-order valence-corrected chi connectivity index (χ4v) is 2.63. The van der Waals surface area contributed by atoms with E-state index < -0.39 is 0 Å². The Kier molecular flexibility index (Phi) is 7.70. The van der Waals surface area contributed by atoms with E-state index in [-0.39, 0.29) is 17.2 Å². The first kappa shape index (κ1) is 17.1. The minimum absolute atomic E-state index is 0.0681. The lowest BCUT2D eigenvalue weighted by Gasteiger charge is -2.14. The number of thioether (sulfide) groups is 1. The largest absolute Gasteiger partial charge is 0.353 e. The van der Waals surface area contributed by atoms with Crippen LogP contribution in [0.4, 0.5) is 0 Å². The zero-order chi connectivity index (χ0) is 15.0. The Balaban J connectivity index is 2.46. The minimum atomic E-state index is -0.0681. The highest BCUT2D eigenvalue weighted by Gasteiger charge is 2.14. The smallest absolute Gasteiger partial charge is 0.233 e. The molecule has 4 heteroatoms. The summed E-state index contributed by atoms with van der Waals surface area (Å²) in [6.07, 6.45) is 1.15. The van der Waals surface area contributed by atoms with Crippen molar-refractivity contribution in [3.8, 4) is 0 Å². The van der Waals surface area contributed by atoms with E-state index in [0.29, 0.717) is 0 Å². The molecule has 0 aliphatic rings. The molecule has 1 aromatic rings. The molecule has 0 saturated heterocycles. The topological polar surface area (TPSA) is 41.1 Å². The molecule has 1 amide bonds. The van der Waals surface area contributed by atoms with Crippen molar-refractivity contribution in [2.75, 3.05) is 6.54 Å². The molecule has 0 heterocycles. The average molecular weight is 294 g/mol. The van der Waals surface area contributed by atoms with E-state index >= 15 is 0 Å². The second-order valence-corrected chi connectivity index (χ2v) is 6.66. The van der Waals surface area contributed by atoms with Gasteiger partial charge in [-0.05, 0) is 51.4 Å². The van der Waals surface area contributed by atoms with Gasteiger partial charge in [0.2, 0.25) is 5.91 Å². The third-order valence-electron chi connectivity index (χ3n) is 2.79. The maximum absolute atomic E-state index is 11.9. The van der Waals surface area contributed by atoms with Gasteiger partial charge in [-0.1, -0.05) is 19.1 Å². The highest BCUT2D eigenvalue weighted by molar-refractivity contribution is 8.00. The van der Waals surface area contributed by atoms with Crippen molar-refractivity contribution in [1.82, 2.24) is 10.6 Å². The van der Waals surface area contributed by atoms with Crippen molar-refractivity contribution in [3.63, 3.8) is 0 Å². The molecule has 1 unspecified atom stereocenters. The minimum Gasteiger partial charge on any atom is -0.353 e. The molecule has 0 fully saturated rings. The first-order chi connectivity index (χ1) is 9.52. The number of carbonyl (C=O) groups is 1. The molecule has 3 nitrogen and oxygen atoms in total. The molecule has 0 radical (unpaired) electrons. The standard InChI is InChI=1S/C16H26N2OS/c1-5-10-17-11-14-6-8-15(9-7-14)20-13(4)16(19)18-12(2)3/h6-9,12-13,17H,5,10-11H2,1-4H3,(H,18,19). The van der Waals surface area contributed by atoms with Gasteiger partial charge in [0.05, 0.1) is 5.25 Å². The molecule has 0 aliphatic heterocycles. The number of hydrogen-bond donors (Lipinski definition) is 2. The van der Waals surface area contributed by atoms with Crippen LogP contribution in [0, 0.1) is 0 Å². The maximum Gasteiger partial charge on any atom is 0.233 e. The molecule has 2 N–H and O–H groups in total. The number of amides is 1. The summed E-state index contributed by atoms with van der Waals surface area (Å²) in [7, 11) is 0. The van der Waals surface area contributed by atoms with Crippen molar-refractivity contribution in [3.05, 3.63) is 29.8 Å². The second-order valence-electron chi connectivity index (χ2n) is 5.24. The molecular weight excluding hydrogens is 268 g/mol. The lowest BCUT2D eigenvalue weighted by atomic mass is 10.2. The molecule has 0 bridgehead atoms. The Bertz CT molecular complexity index is 403. The van der Waals surface area contributed by atoms with Gasteiger partial charge < -0.3 is 10.6 Å². The Labute approximate surface area is 126 Å². The van der Waals surface area contributed by atoms with E-state index in [9.17, 15) is 4.79 Å². The molecule has 1 aromatic carbocycles. The van der Waals surface area contributed by atoms with Gasteiger partial charge in [-0.2, -0.15) is 0 Å². The van der Waals surface area contributed by atoms with Crippen molar-refractivity contribution in [2.45, 2.75) is 56.8 Å². The van der Waals surface area contributed by atoms with Gasteiger partial charge in [0.15, 0.2) is 0 Å². The van der Waals surface area contributed by atoms with Gasteiger partial charge in [0, 0.05) is 17.5 Å². The first-order valence-electron chi connectivity index (χ1n) is 7.29. The van der Waals surface area contributed by atoms with E-state index in [2.05, 4.69) is 41.8 Å². The monoisotopic (exact) mass is 294 g/mol. The predicted molar refractivity (Wildman–Crippen MR) is 87.0 cm³/mol. The Hall–Kier alpha value is -1.00. The fraction of sp³-hybridized carbons (Fsp3) is 0.562.